The molecule has 0 amide bonds. The molecular weight excluding hydrogens is 246 g/mol. The van der Waals surface area contributed by atoms with Gasteiger partial charge in [-0.3, -0.25) is 0 Å². The molecule has 0 atom stereocenters. The summed E-state index contributed by atoms with van der Waals surface area (Å²) in [5.74, 6) is 1.70. The molecule has 2 rings (SSSR count). The third kappa shape index (κ3) is 1.89. The molecule has 5 nitrogen and oxygen atoms in total. The quantitative estimate of drug-likeness (QED) is 0.739. The molecule has 6 heteroatoms. The number of tetrazole rings is 1. The second-order valence-corrected chi connectivity index (χ2v) is 4.33. The Balaban J connectivity index is 1.99. The van der Waals surface area contributed by atoms with Crippen LogP contribution in [0.5, 0.6) is 0 Å². The predicted octanol–water partition coefficient (Wildman–Crippen LogP) is 0.821. The number of rotatable bonds is 2. The highest BCUT2D eigenvalue weighted by atomic mass is 79.9. The van der Waals surface area contributed by atoms with E-state index in [1.165, 1.54) is 12.8 Å². The van der Waals surface area contributed by atoms with Crippen molar-refractivity contribution in [1.82, 2.24) is 20.2 Å². The Morgan fingerprint density at radius 2 is 2.14 bits per heavy atom. The van der Waals surface area contributed by atoms with Crippen LogP contribution >= 0.6 is 15.9 Å². The van der Waals surface area contributed by atoms with Gasteiger partial charge in [0.05, 0.1) is 0 Å². The lowest BCUT2D eigenvalue weighted by Gasteiger charge is -2.30. The van der Waals surface area contributed by atoms with Crippen LogP contribution < -0.4 is 4.90 Å². The highest BCUT2D eigenvalue weighted by molar-refractivity contribution is 9.09. The van der Waals surface area contributed by atoms with Crippen molar-refractivity contribution in [3.8, 4) is 0 Å². The van der Waals surface area contributed by atoms with E-state index in [9.17, 15) is 0 Å². The topological polar surface area (TPSA) is 46.8 Å². The van der Waals surface area contributed by atoms with Gasteiger partial charge in [-0.2, -0.15) is 0 Å². The van der Waals surface area contributed by atoms with E-state index in [0.717, 1.165) is 30.3 Å². The molecule has 1 aromatic rings. The Hall–Kier alpha value is -0.650. The molecule has 0 bridgehead atoms. The number of hydrogen-bond donors (Lipinski definition) is 0. The molecule has 0 spiro atoms. The van der Waals surface area contributed by atoms with Crippen LogP contribution in [0, 0.1) is 5.92 Å². The summed E-state index contributed by atoms with van der Waals surface area (Å²) in [7, 11) is 1.88. The third-order valence-corrected chi connectivity index (χ3v) is 3.63. The summed E-state index contributed by atoms with van der Waals surface area (Å²) in [5.41, 5.74) is 0. The zero-order valence-corrected chi connectivity index (χ0v) is 9.81. The first-order chi connectivity index (χ1) is 6.81. The molecular formula is C8H14BrN5. The molecule has 0 unspecified atom stereocenters. The van der Waals surface area contributed by atoms with E-state index in [4.69, 9.17) is 0 Å². The summed E-state index contributed by atoms with van der Waals surface area (Å²) < 4.78 is 1.73. The Bertz CT molecular complexity index is 292. The number of piperidine rings is 1. The van der Waals surface area contributed by atoms with Gasteiger partial charge < -0.3 is 4.90 Å². The molecule has 0 N–H and O–H groups in total. The van der Waals surface area contributed by atoms with Crippen LogP contribution in [0.15, 0.2) is 0 Å². The third-order valence-electron chi connectivity index (χ3n) is 2.71. The van der Waals surface area contributed by atoms with Crippen LogP contribution in [0.1, 0.15) is 12.8 Å². The van der Waals surface area contributed by atoms with Gasteiger partial charge in [0.1, 0.15) is 0 Å². The summed E-state index contributed by atoms with van der Waals surface area (Å²) >= 11 is 3.53. The molecule has 0 radical (unpaired) electrons. The Morgan fingerprint density at radius 3 is 2.64 bits per heavy atom. The van der Waals surface area contributed by atoms with Crippen molar-refractivity contribution in [2.75, 3.05) is 23.3 Å². The Labute approximate surface area is 91.6 Å². The standard InChI is InChI=1S/C8H14BrN5/c1-13-8(10-11-12-13)14-4-2-7(6-9)3-5-14/h7H,2-6H2,1H3. The summed E-state index contributed by atoms with van der Waals surface area (Å²) in [6.07, 6.45) is 2.44. The van der Waals surface area contributed by atoms with Crippen molar-refractivity contribution < 1.29 is 0 Å². The van der Waals surface area contributed by atoms with Gasteiger partial charge in [-0.25, -0.2) is 4.68 Å². The van der Waals surface area contributed by atoms with Crippen LogP contribution in [-0.4, -0.2) is 38.6 Å². The number of anilines is 1. The maximum Gasteiger partial charge on any atom is 0.245 e. The van der Waals surface area contributed by atoms with E-state index in [1.54, 1.807) is 4.68 Å². The lowest BCUT2D eigenvalue weighted by atomic mass is 10.00. The molecule has 2 heterocycles. The fourth-order valence-corrected chi connectivity index (χ4v) is 2.43. The number of nitrogens with zero attached hydrogens (tertiary/aromatic N) is 5. The molecule has 0 aromatic carbocycles. The lowest BCUT2D eigenvalue weighted by molar-refractivity contribution is 0.439. The summed E-state index contributed by atoms with van der Waals surface area (Å²) in [5, 5.41) is 12.6. The molecule has 1 aliphatic rings. The normalized spacial score (nSPS) is 18.9. The van der Waals surface area contributed by atoms with E-state index in [-0.39, 0.29) is 0 Å². The molecule has 1 aliphatic heterocycles. The molecule has 0 saturated carbocycles. The summed E-state index contributed by atoms with van der Waals surface area (Å²) in [4.78, 5) is 2.25. The fourth-order valence-electron chi connectivity index (χ4n) is 1.78. The lowest BCUT2D eigenvalue weighted by Crippen LogP contribution is -2.35. The molecule has 14 heavy (non-hydrogen) atoms. The number of hydrogen-bond acceptors (Lipinski definition) is 4. The second kappa shape index (κ2) is 4.25. The Kier molecular flexibility index (Phi) is 3.00. The monoisotopic (exact) mass is 259 g/mol. The molecule has 1 aromatic heterocycles. The molecule has 78 valence electrons. The average molecular weight is 260 g/mol. The largest absolute Gasteiger partial charge is 0.340 e. The number of alkyl halides is 1. The van der Waals surface area contributed by atoms with Gasteiger partial charge in [0.25, 0.3) is 0 Å². The highest BCUT2D eigenvalue weighted by Crippen LogP contribution is 2.21. The van der Waals surface area contributed by atoms with Gasteiger partial charge in [-0.1, -0.05) is 21.0 Å². The van der Waals surface area contributed by atoms with Crippen LogP contribution in [-0.2, 0) is 7.05 Å². The summed E-state index contributed by atoms with van der Waals surface area (Å²) in [6, 6.07) is 0. The average Bonchev–Trinajstić information content (AvgIpc) is 2.65. The molecule has 1 fully saturated rings. The first-order valence-corrected chi connectivity index (χ1v) is 5.96. The van der Waals surface area contributed by atoms with E-state index < -0.39 is 0 Å². The van der Waals surface area contributed by atoms with Gasteiger partial charge in [0, 0.05) is 25.5 Å². The van der Waals surface area contributed by atoms with Crippen molar-refractivity contribution >= 4 is 21.9 Å². The van der Waals surface area contributed by atoms with Crippen molar-refractivity contribution in [2.45, 2.75) is 12.8 Å². The minimum atomic E-state index is 0.812. The van der Waals surface area contributed by atoms with Crippen LogP contribution in [0.2, 0.25) is 0 Å². The van der Waals surface area contributed by atoms with Gasteiger partial charge >= 0.3 is 0 Å². The maximum atomic E-state index is 4.01. The van der Waals surface area contributed by atoms with E-state index in [0.29, 0.717) is 0 Å². The van der Waals surface area contributed by atoms with E-state index in [1.807, 2.05) is 7.05 Å². The van der Waals surface area contributed by atoms with Crippen molar-refractivity contribution in [3.05, 3.63) is 0 Å². The SMILES string of the molecule is Cn1nnnc1N1CCC(CBr)CC1. The van der Waals surface area contributed by atoms with Crippen molar-refractivity contribution in [1.29, 1.82) is 0 Å². The minimum Gasteiger partial charge on any atom is -0.340 e. The van der Waals surface area contributed by atoms with Crippen LogP contribution in [0.25, 0.3) is 0 Å². The van der Waals surface area contributed by atoms with Gasteiger partial charge in [0.2, 0.25) is 5.95 Å². The van der Waals surface area contributed by atoms with Crippen LogP contribution in [0.3, 0.4) is 0 Å². The molecule has 0 aliphatic carbocycles. The van der Waals surface area contributed by atoms with Crippen molar-refractivity contribution in [2.24, 2.45) is 13.0 Å². The smallest absolute Gasteiger partial charge is 0.245 e. The number of halogens is 1. The van der Waals surface area contributed by atoms with Gasteiger partial charge in [-0.15, -0.1) is 0 Å². The Morgan fingerprint density at radius 1 is 1.43 bits per heavy atom. The zero-order chi connectivity index (χ0) is 9.97. The zero-order valence-electron chi connectivity index (χ0n) is 8.23. The van der Waals surface area contributed by atoms with Crippen LogP contribution in [0.4, 0.5) is 5.95 Å². The first-order valence-electron chi connectivity index (χ1n) is 4.84. The number of aryl methyl sites for hydroxylation is 1. The maximum absolute atomic E-state index is 4.01. The van der Waals surface area contributed by atoms with Crippen molar-refractivity contribution in [3.63, 3.8) is 0 Å². The predicted molar refractivity (Wildman–Crippen MR) is 57.5 cm³/mol. The van der Waals surface area contributed by atoms with Gasteiger partial charge in [0.15, 0.2) is 0 Å². The minimum absolute atomic E-state index is 0.812. The van der Waals surface area contributed by atoms with Gasteiger partial charge in [-0.05, 0) is 29.2 Å². The fraction of sp³-hybridized carbons (Fsp3) is 0.875. The number of aromatic nitrogens is 4. The molecule has 1 saturated heterocycles. The highest BCUT2D eigenvalue weighted by Gasteiger charge is 2.21. The summed E-state index contributed by atoms with van der Waals surface area (Å²) in [6.45, 7) is 2.12. The van der Waals surface area contributed by atoms with E-state index >= 15 is 0 Å². The van der Waals surface area contributed by atoms with E-state index in [2.05, 4.69) is 36.4 Å². The second-order valence-electron chi connectivity index (χ2n) is 3.69. The first kappa shape index (κ1) is 9.89.